The molecule has 0 spiro atoms. The Morgan fingerprint density at radius 2 is 1.74 bits per heavy atom. The molecule has 0 saturated heterocycles. The van der Waals surface area contributed by atoms with Crippen LogP contribution in [0.3, 0.4) is 0 Å². The number of nitrogens with one attached hydrogen (secondary N) is 1. The average molecular weight is 369 g/mol. The van der Waals surface area contributed by atoms with Crippen LogP contribution in [0, 0.1) is 0 Å². The molecular weight excluding hydrogens is 346 g/mol. The fourth-order valence-corrected chi connectivity index (χ4v) is 3.50. The predicted octanol–water partition coefficient (Wildman–Crippen LogP) is 3.79. The zero-order valence-corrected chi connectivity index (χ0v) is 16.1. The van der Waals surface area contributed by atoms with E-state index in [9.17, 15) is 9.59 Å². The quantitative estimate of drug-likeness (QED) is 0.826. The second-order valence-corrected chi connectivity index (χ2v) is 6.76. The largest absolute Gasteiger partial charge is 0.466 e. The highest BCUT2D eigenvalue weighted by Gasteiger charge is 2.38. The third-order valence-electron chi connectivity index (χ3n) is 4.57. The summed E-state index contributed by atoms with van der Waals surface area (Å²) in [6.07, 6.45) is 1.31. The third kappa shape index (κ3) is 3.35. The standard InChI is InChI=1S/C21H23NO5/c1-11(2)27-21(24)18-13(4)22-12(3)17(20(23)25-5)19(18)15-7-6-8-16-14(15)9-10-26-16/h6-11,19,22H,1-5H3/t19-/m1/s1. The van der Waals surface area contributed by atoms with Crippen molar-refractivity contribution in [1.29, 1.82) is 0 Å². The molecule has 0 radical (unpaired) electrons. The smallest absolute Gasteiger partial charge is 0.337 e. The molecule has 1 aromatic carbocycles. The molecule has 0 fully saturated rings. The van der Waals surface area contributed by atoms with E-state index in [2.05, 4.69) is 5.32 Å². The Morgan fingerprint density at radius 3 is 2.37 bits per heavy atom. The van der Waals surface area contributed by atoms with E-state index in [1.165, 1.54) is 7.11 Å². The Labute approximate surface area is 157 Å². The van der Waals surface area contributed by atoms with E-state index in [1.807, 2.05) is 24.3 Å². The monoisotopic (exact) mass is 369 g/mol. The van der Waals surface area contributed by atoms with Crippen LogP contribution in [-0.2, 0) is 19.1 Å². The van der Waals surface area contributed by atoms with Gasteiger partial charge in [-0.3, -0.25) is 0 Å². The van der Waals surface area contributed by atoms with Crippen molar-refractivity contribution >= 4 is 22.9 Å². The zero-order valence-electron chi connectivity index (χ0n) is 16.1. The van der Waals surface area contributed by atoms with Crippen LogP contribution in [0.5, 0.6) is 0 Å². The van der Waals surface area contributed by atoms with Crippen molar-refractivity contribution in [1.82, 2.24) is 5.32 Å². The Hall–Kier alpha value is -3.02. The second kappa shape index (κ2) is 7.31. The lowest BCUT2D eigenvalue weighted by Crippen LogP contribution is -2.33. The molecule has 0 amide bonds. The van der Waals surface area contributed by atoms with Crippen molar-refractivity contribution in [3.63, 3.8) is 0 Å². The van der Waals surface area contributed by atoms with Crippen LogP contribution in [-0.4, -0.2) is 25.2 Å². The van der Waals surface area contributed by atoms with Crippen molar-refractivity contribution in [2.24, 2.45) is 0 Å². The molecule has 1 N–H and O–H groups in total. The first-order valence-corrected chi connectivity index (χ1v) is 8.79. The fourth-order valence-electron chi connectivity index (χ4n) is 3.50. The van der Waals surface area contributed by atoms with Gasteiger partial charge in [0.15, 0.2) is 0 Å². The summed E-state index contributed by atoms with van der Waals surface area (Å²) >= 11 is 0. The van der Waals surface area contributed by atoms with E-state index < -0.39 is 17.9 Å². The van der Waals surface area contributed by atoms with E-state index in [0.29, 0.717) is 28.1 Å². The van der Waals surface area contributed by atoms with Crippen LogP contribution in [0.1, 0.15) is 39.2 Å². The lowest BCUT2D eigenvalue weighted by atomic mass is 9.79. The van der Waals surface area contributed by atoms with Gasteiger partial charge in [-0.2, -0.15) is 0 Å². The summed E-state index contributed by atoms with van der Waals surface area (Å²) in [5.41, 5.74) is 3.54. The molecule has 1 aliphatic rings. The first-order valence-electron chi connectivity index (χ1n) is 8.79. The number of benzene rings is 1. The predicted molar refractivity (Wildman–Crippen MR) is 101 cm³/mol. The number of esters is 2. The molecule has 3 rings (SSSR count). The Kier molecular flexibility index (Phi) is 5.08. The third-order valence-corrected chi connectivity index (χ3v) is 4.57. The van der Waals surface area contributed by atoms with Crippen LogP contribution >= 0.6 is 0 Å². The maximum atomic E-state index is 12.9. The van der Waals surface area contributed by atoms with E-state index in [-0.39, 0.29) is 6.10 Å². The number of methoxy groups -OCH3 is 1. The zero-order chi connectivity index (χ0) is 19.7. The number of allylic oxidation sites excluding steroid dienone is 2. The van der Waals surface area contributed by atoms with E-state index >= 15 is 0 Å². The van der Waals surface area contributed by atoms with Gasteiger partial charge < -0.3 is 19.2 Å². The van der Waals surface area contributed by atoms with Gasteiger partial charge in [0.05, 0.1) is 36.5 Å². The molecule has 0 bridgehead atoms. The Bertz CT molecular complexity index is 964. The first-order chi connectivity index (χ1) is 12.8. The normalized spacial score (nSPS) is 17.3. The lowest BCUT2D eigenvalue weighted by molar-refractivity contribution is -0.143. The van der Waals surface area contributed by atoms with Crippen LogP contribution in [0.4, 0.5) is 0 Å². The maximum absolute atomic E-state index is 12.9. The summed E-state index contributed by atoms with van der Waals surface area (Å²) in [7, 11) is 1.33. The molecule has 27 heavy (non-hydrogen) atoms. The summed E-state index contributed by atoms with van der Waals surface area (Å²) < 4.78 is 16.0. The summed E-state index contributed by atoms with van der Waals surface area (Å²) in [6, 6.07) is 7.41. The molecule has 1 atom stereocenters. The number of carbonyl (C=O) groups excluding carboxylic acids is 2. The number of ether oxygens (including phenoxy) is 2. The van der Waals surface area contributed by atoms with Gasteiger partial charge in [-0.05, 0) is 45.4 Å². The highest BCUT2D eigenvalue weighted by atomic mass is 16.5. The molecule has 1 aliphatic heterocycles. The molecule has 2 aromatic rings. The first kappa shape index (κ1) is 18.8. The van der Waals surface area contributed by atoms with Crippen LogP contribution < -0.4 is 5.32 Å². The van der Waals surface area contributed by atoms with Crippen molar-refractivity contribution < 1.29 is 23.5 Å². The van der Waals surface area contributed by atoms with Gasteiger partial charge in [-0.1, -0.05) is 12.1 Å². The van der Waals surface area contributed by atoms with Gasteiger partial charge in [0.2, 0.25) is 0 Å². The van der Waals surface area contributed by atoms with Gasteiger partial charge in [-0.15, -0.1) is 0 Å². The summed E-state index contributed by atoms with van der Waals surface area (Å²) in [5.74, 6) is -1.58. The maximum Gasteiger partial charge on any atom is 0.337 e. The molecule has 142 valence electrons. The number of carbonyl (C=O) groups is 2. The van der Waals surface area contributed by atoms with Gasteiger partial charge in [-0.25, -0.2) is 9.59 Å². The summed E-state index contributed by atoms with van der Waals surface area (Å²) in [4.78, 5) is 25.5. The number of rotatable bonds is 4. The molecule has 6 nitrogen and oxygen atoms in total. The minimum Gasteiger partial charge on any atom is -0.466 e. The Morgan fingerprint density at radius 1 is 1.07 bits per heavy atom. The van der Waals surface area contributed by atoms with Gasteiger partial charge >= 0.3 is 11.9 Å². The van der Waals surface area contributed by atoms with Gasteiger partial charge in [0, 0.05) is 16.8 Å². The SMILES string of the molecule is COC(=O)C1=C(C)NC(C)=C(C(=O)OC(C)C)[C@@H]1c1cccc2occc12. The van der Waals surface area contributed by atoms with Crippen LogP contribution in [0.25, 0.3) is 11.0 Å². The van der Waals surface area contributed by atoms with E-state index in [1.54, 1.807) is 34.0 Å². The molecule has 0 unspecified atom stereocenters. The average Bonchev–Trinajstić information content (AvgIpc) is 3.08. The van der Waals surface area contributed by atoms with E-state index in [0.717, 1.165) is 10.9 Å². The molecular formula is C21H23NO5. The number of furan rings is 1. The molecule has 2 heterocycles. The molecule has 1 aromatic heterocycles. The summed E-state index contributed by atoms with van der Waals surface area (Å²) in [5, 5.41) is 3.96. The topological polar surface area (TPSA) is 77.8 Å². The highest BCUT2D eigenvalue weighted by Crippen LogP contribution is 2.42. The molecule has 0 saturated carbocycles. The van der Waals surface area contributed by atoms with E-state index in [4.69, 9.17) is 13.9 Å². The van der Waals surface area contributed by atoms with Crippen molar-refractivity contribution in [2.75, 3.05) is 7.11 Å². The van der Waals surface area contributed by atoms with Crippen LogP contribution in [0.15, 0.2) is 57.5 Å². The highest BCUT2D eigenvalue weighted by molar-refractivity contribution is 6.01. The van der Waals surface area contributed by atoms with Gasteiger partial charge in [0.25, 0.3) is 0 Å². The number of fused-ring (bicyclic) bond motifs is 1. The number of hydrogen-bond donors (Lipinski definition) is 1. The minimum absolute atomic E-state index is 0.281. The van der Waals surface area contributed by atoms with Crippen molar-refractivity contribution in [3.8, 4) is 0 Å². The second-order valence-electron chi connectivity index (χ2n) is 6.76. The Balaban J connectivity index is 2.26. The molecule has 6 heteroatoms. The van der Waals surface area contributed by atoms with Crippen molar-refractivity contribution in [2.45, 2.75) is 39.7 Å². The number of dihydropyridines is 1. The van der Waals surface area contributed by atoms with Crippen molar-refractivity contribution in [3.05, 3.63) is 58.6 Å². The lowest BCUT2D eigenvalue weighted by Gasteiger charge is -2.31. The van der Waals surface area contributed by atoms with Gasteiger partial charge in [0.1, 0.15) is 5.58 Å². The minimum atomic E-state index is -0.619. The fraction of sp³-hybridized carbons (Fsp3) is 0.333. The van der Waals surface area contributed by atoms with Crippen LogP contribution in [0.2, 0.25) is 0 Å². The number of hydrogen-bond acceptors (Lipinski definition) is 6. The summed E-state index contributed by atoms with van der Waals surface area (Å²) in [6.45, 7) is 7.18. The molecule has 0 aliphatic carbocycles.